The summed E-state index contributed by atoms with van der Waals surface area (Å²) in [4.78, 5) is 0.172. The molecule has 1 aromatic heterocycles. The van der Waals surface area contributed by atoms with Crippen LogP contribution in [0.25, 0.3) is 0 Å². The molecule has 1 unspecified atom stereocenters. The Bertz CT molecular complexity index is 544. The Hall–Kier alpha value is -0.890. The molecule has 1 fully saturated rings. The number of hydrogen-bond acceptors (Lipinski definition) is 4. The second kappa shape index (κ2) is 5.24. The average Bonchev–Trinajstić information content (AvgIpc) is 2.71. The molecule has 6 nitrogen and oxygen atoms in total. The van der Waals surface area contributed by atoms with Crippen molar-refractivity contribution in [2.24, 2.45) is 7.05 Å². The number of sulfonamides is 1. The average molecular weight is 288 g/mol. The highest BCUT2D eigenvalue weighted by molar-refractivity contribution is 7.89. The van der Waals surface area contributed by atoms with Gasteiger partial charge in [-0.05, 0) is 25.8 Å². The van der Waals surface area contributed by atoms with Crippen LogP contribution in [0.4, 0.5) is 0 Å². The highest BCUT2D eigenvalue weighted by atomic mass is 32.2. The van der Waals surface area contributed by atoms with E-state index in [1.165, 1.54) is 12.3 Å². The molecular formula is C12H20N2O4S. The van der Waals surface area contributed by atoms with E-state index in [2.05, 4.69) is 4.72 Å². The Morgan fingerprint density at radius 3 is 2.84 bits per heavy atom. The summed E-state index contributed by atoms with van der Waals surface area (Å²) < 4.78 is 34.3. The Balaban J connectivity index is 2.21. The SMILES string of the molecule is Cn1cc(S(=O)(=O)NC2(C)CCCOC2)cc1CO. The summed E-state index contributed by atoms with van der Waals surface area (Å²) in [7, 11) is -1.89. The highest BCUT2D eigenvalue weighted by Gasteiger charge is 2.33. The van der Waals surface area contributed by atoms with Crippen molar-refractivity contribution < 1.29 is 18.3 Å². The second-order valence-electron chi connectivity index (χ2n) is 5.26. The second-order valence-corrected chi connectivity index (χ2v) is 6.94. The number of ether oxygens (including phenoxy) is 1. The quantitative estimate of drug-likeness (QED) is 0.838. The van der Waals surface area contributed by atoms with Gasteiger partial charge in [0.15, 0.2) is 0 Å². The lowest BCUT2D eigenvalue weighted by Crippen LogP contribution is -2.51. The first kappa shape index (κ1) is 14.5. The number of aryl methyl sites for hydroxylation is 1. The van der Waals surface area contributed by atoms with Gasteiger partial charge in [0, 0.05) is 25.5 Å². The summed E-state index contributed by atoms with van der Waals surface area (Å²) in [5, 5.41) is 9.11. The maximum absolute atomic E-state index is 12.3. The summed E-state index contributed by atoms with van der Waals surface area (Å²) in [6.07, 6.45) is 3.10. The van der Waals surface area contributed by atoms with E-state index in [0.717, 1.165) is 12.8 Å². The molecule has 0 bridgehead atoms. The van der Waals surface area contributed by atoms with Crippen LogP contribution in [0.3, 0.4) is 0 Å². The maximum atomic E-state index is 12.3. The number of aliphatic hydroxyl groups is 1. The molecule has 0 spiro atoms. The maximum Gasteiger partial charge on any atom is 0.242 e. The van der Waals surface area contributed by atoms with Crippen LogP contribution in [0.5, 0.6) is 0 Å². The third kappa shape index (κ3) is 3.17. The van der Waals surface area contributed by atoms with Crippen molar-refractivity contribution in [1.82, 2.24) is 9.29 Å². The monoisotopic (exact) mass is 288 g/mol. The molecule has 1 saturated heterocycles. The molecule has 2 rings (SSSR count). The number of rotatable bonds is 4. The van der Waals surface area contributed by atoms with Crippen molar-refractivity contribution in [2.45, 2.75) is 36.8 Å². The van der Waals surface area contributed by atoms with Gasteiger partial charge in [-0.25, -0.2) is 13.1 Å². The Morgan fingerprint density at radius 2 is 2.32 bits per heavy atom. The third-order valence-electron chi connectivity index (χ3n) is 3.37. The van der Waals surface area contributed by atoms with Crippen LogP contribution in [0.15, 0.2) is 17.2 Å². The molecule has 7 heteroatoms. The number of nitrogens with one attached hydrogen (secondary N) is 1. The molecule has 19 heavy (non-hydrogen) atoms. The van der Waals surface area contributed by atoms with E-state index < -0.39 is 15.6 Å². The minimum Gasteiger partial charge on any atom is -0.390 e. The largest absolute Gasteiger partial charge is 0.390 e. The number of nitrogens with zero attached hydrogens (tertiary/aromatic N) is 1. The molecule has 2 heterocycles. The first-order valence-electron chi connectivity index (χ1n) is 6.24. The Labute approximate surface area is 113 Å². The predicted molar refractivity (Wildman–Crippen MR) is 70.1 cm³/mol. The zero-order valence-electron chi connectivity index (χ0n) is 11.2. The molecule has 0 amide bonds. The van der Waals surface area contributed by atoms with Crippen LogP contribution in [-0.4, -0.2) is 36.8 Å². The molecule has 108 valence electrons. The van der Waals surface area contributed by atoms with Gasteiger partial charge in [-0.15, -0.1) is 0 Å². The minimum absolute atomic E-state index is 0.172. The van der Waals surface area contributed by atoms with Crippen LogP contribution >= 0.6 is 0 Å². The topological polar surface area (TPSA) is 80.6 Å². The highest BCUT2D eigenvalue weighted by Crippen LogP contribution is 2.22. The van der Waals surface area contributed by atoms with Crippen molar-refractivity contribution >= 4 is 10.0 Å². The van der Waals surface area contributed by atoms with Gasteiger partial charge in [0.05, 0.1) is 23.6 Å². The molecule has 1 atom stereocenters. The van der Waals surface area contributed by atoms with E-state index in [9.17, 15) is 8.42 Å². The van der Waals surface area contributed by atoms with Crippen LogP contribution in [-0.2, 0) is 28.4 Å². The van der Waals surface area contributed by atoms with Crippen molar-refractivity contribution in [1.29, 1.82) is 0 Å². The lowest BCUT2D eigenvalue weighted by molar-refractivity contribution is 0.0386. The smallest absolute Gasteiger partial charge is 0.242 e. The van der Waals surface area contributed by atoms with E-state index in [0.29, 0.717) is 18.9 Å². The summed E-state index contributed by atoms with van der Waals surface area (Å²) in [5.74, 6) is 0. The standard InChI is InChI=1S/C12H20N2O4S/c1-12(4-3-5-18-9-12)13-19(16,17)11-6-10(8-15)14(2)7-11/h6-7,13,15H,3-5,8-9H2,1-2H3. The zero-order chi connectivity index (χ0) is 14.1. The van der Waals surface area contributed by atoms with E-state index in [-0.39, 0.29) is 11.5 Å². The molecule has 2 N–H and O–H groups in total. The fraction of sp³-hybridized carbons (Fsp3) is 0.667. The Morgan fingerprint density at radius 1 is 1.58 bits per heavy atom. The fourth-order valence-corrected chi connectivity index (χ4v) is 3.79. The molecule has 1 aliphatic rings. The third-order valence-corrected chi connectivity index (χ3v) is 4.98. The van der Waals surface area contributed by atoms with Gasteiger partial charge >= 0.3 is 0 Å². The molecule has 1 aliphatic heterocycles. The van der Waals surface area contributed by atoms with Gasteiger partial charge < -0.3 is 14.4 Å². The predicted octanol–water partition coefficient (Wildman–Crippen LogP) is 0.365. The molecular weight excluding hydrogens is 268 g/mol. The van der Waals surface area contributed by atoms with E-state index in [1.54, 1.807) is 11.6 Å². The summed E-state index contributed by atoms with van der Waals surface area (Å²) in [6, 6.07) is 1.48. The minimum atomic E-state index is -3.59. The Kier molecular flexibility index (Phi) is 4.00. The molecule has 0 aromatic carbocycles. The molecule has 1 aromatic rings. The number of aromatic nitrogens is 1. The van der Waals surface area contributed by atoms with Gasteiger partial charge in [0.1, 0.15) is 0 Å². The van der Waals surface area contributed by atoms with Crippen molar-refractivity contribution in [3.05, 3.63) is 18.0 Å². The van der Waals surface area contributed by atoms with Crippen LogP contribution in [0.1, 0.15) is 25.5 Å². The van der Waals surface area contributed by atoms with Gasteiger partial charge in [-0.1, -0.05) is 0 Å². The fourth-order valence-electron chi connectivity index (χ4n) is 2.28. The van der Waals surface area contributed by atoms with E-state index >= 15 is 0 Å². The summed E-state index contributed by atoms with van der Waals surface area (Å²) >= 11 is 0. The van der Waals surface area contributed by atoms with Crippen molar-refractivity contribution in [2.75, 3.05) is 13.2 Å². The summed E-state index contributed by atoms with van der Waals surface area (Å²) in [5.41, 5.74) is -0.00262. The summed E-state index contributed by atoms with van der Waals surface area (Å²) in [6.45, 7) is 2.72. The lowest BCUT2D eigenvalue weighted by Gasteiger charge is -2.33. The molecule has 0 radical (unpaired) electrons. The van der Waals surface area contributed by atoms with Gasteiger partial charge in [0.2, 0.25) is 10.0 Å². The van der Waals surface area contributed by atoms with E-state index in [4.69, 9.17) is 9.84 Å². The first-order valence-corrected chi connectivity index (χ1v) is 7.72. The van der Waals surface area contributed by atoms with Gasteiger partial charge in [0.25, 0.3) is 0 Å². The van der Waals surface area contributed by atoms with Crippen LogP contribution in [0, 0.1) is 0 Å². The molecule has 0 saturated carbocycles. The van der Waals surface area contributed by atoms with E-state index in [1.807, 2.05) is 6.92 Å². The first-order chi connectivity index (χ1) is 8.86. The lowest BCUT2D eigenvalue weighted by atomic mass is 9.97. The normalized spacial score (nSPS) is 24.6. The number of aliphatic hydroxyl groups excluding tert-OH is 1. The molecule has 0 aliphatic carbocycles. The van der Waals surface area contributed by atoms with Gasteiger partial charge in [-0.2, -0.15) is 0 Å². The van der Waals surface area contributed by atoms with Crippen LogP contribution in [0.2, 0.25) is 0 Å². The zero-order valence-corrected chi connectivity index (χ0v) is 12.0. The van der Waals surface area contributed by atoms with Crippen molar-refractivity contribution in [3.8, 4) is 0 Å². The van der Waals surface area contributed by atoms with Gasteiger partial charge in [-0.3, -0.25) is 0 Å². The van der Waals surface area contributed by atoms with Crippen LogP contribution < -0.4 is 4.72 Å². The number of hydrogen-bond donors (Lipinski definition) is 2. The van der Waals surface area contributed by atoms with Crippen molar-refractivity contribution in [3.63, 3.8) is 0 Å².